The summed E-state index contributed by atoms with van der Waals surface area (Å²) in [6, 6.07) is 0. The van der Waals surface area contributed by atoms with Gasteiger partial charge in [0.1, 0.15) is 5.82 Å². The summed E-state index contributed by atoms with van der Waals surface area (Å²) < 4.78 is 0.783. The predicted octanol–water partition coefficient (Wildman–Crippen LogP) is 1.27. The molecule has 6 nitrogen and oxygen atoms in total. The summed E-state index contributed by atoms with van der Waals surface area (Å²) in [5, 5.41) is 10.4. The molecule has 1 aromatic heterocycles. The first-order chi connectivity index (χ1) is 8.54. The number of halogens is 1. The molecule has 0 aliphatic heterocycles. The van der Waals surface area contributed by atoms with Crippen LogP contribution in [0.3, 0.4) is 0 Å². The van der Waals surface area contributed by atoms with Crippen LogP contribution >= 0.6 is 15.9 Å². The highest BCUT2D eigenvalue weighted by Crippen LogP contribution is 2.32. The van der Waals surface area contributed by atoms with Gasteiger partial charge < -0.3 is 10.0 Å². The molecule has 1 saturated carbocycles. The highest BCUT2D eigenvalue weighted by Gasteiger charge is 2.33. The lowest BCUT2D eigenvalue weighted by Crippen LogP contribution is -2.39. The Labute approximate surface area is 115 Å². The van der Waals surface area contributed by atoms with Crippen molar-refractivity contribution in [3.05, 3.63) is 10.7 Å². The van der Waals surface area contributed by atoms with Crippen molar-refractivity contribution in [1.29, 1.82) is 0 Å². The number of nitrogens with one attached hydrogen (secondary N) is 1. The maximum absolute atomic E-state index is 10.4. The third-order valence-electron chi connectivity index (χ3n) is 3.28. The lowest BCUT2D eigenvalue weighted by molar-refractivity contribution is 0.0557. The average molecular weight is 316 g/mol. The Bertz CT molecular complexity index is 422. The maximum atomic E-state index is 10.4. The molecule has 0 unspecified atom stereocenters. The second-order valence-corrected chi connectivity index (χ2v) is 5.65. The number of aromatic nitrogens is 2. The third kappa shape index (κ3) is 2.90. The van der Waals surface area contributed by atoms with Gasteiger partial charge in [-0.1, -0.05) is 12.8 Å². The molecule has 100 valence electrons. The van der Waals surface area contributed by atoms with Crippen LogP contribution in [0.15, 0.2) is 10.7 Å². The maximum Gasteiger partial charge on any atom is 0.239 e. The van der Waals surface area contributed by atoms with Crippen molar-refractivity contribution in [3.63, 3.8) is 0 Å². The zero-order chi connectivity index (χ0) is 13.2. The largest absolute Gasteiger partial charge is 0.388 e. The molecular formula is C11H18BrN5O. The first-order valence-electron chi connectivity index (χ1n) is 5.97. The number of aliphatic hydroxyl groups is 1. The van der Waals surface area contributed by atoms with Gasteiger partial charge in [0, 0.05) is 19.8 Å². The molecule has 1 fully saturated rings. The van der Waals surface area contributed by atoms with E-state index in [1.54, 1.807) is 6.20 Å². The Morgan fingerprint density at radius 3 is 2.83 bits per heavy atom. The first-order valence-corrected chi connectivity index (χ1v) is 6.76. The fourth-order valence-electron chi connectivity index (χ4n) is 2.40. The van der Waals surface area contributed by atoms with Crippen LogP contribution in [-0.4, -0.2) is 34.3 Å². The molecule has 1 heterocycles. The molecular weight excluding hydrogens is 298 g/mol. The van der Waals surface area contributed by atoms with Crippen molar-refractivity contribution in [2.75, 3.05) is 23.9 Å². The standard InChI is InChI=1S/C11H18BrN5O/c1-17(7-11(18)4-2-3-5-11)9-8(12)6-14-10(15-9)16-13/h6,18H,2-5,7,13H2,1H3,(H,14,15,16). The molecule has 1 aliphatic carbocycles. The van der Waals surface area contributed by atoms with Crippen molar-refractivity contribution in [2.24, 2.45) is 5.84 Å². The van der Waals surface area contributed by atoms with Crippen LogP contribution in [0.1, 0.15) is 25.7 Å². The lowest BCUT2D eigenvalue weighted by atomic mass is 10.0. The summed E-state index contributed by atoms with van der Waals surface area (Å²) in [6.45, 7) is 0.562. The summed E-state index contributed by atoms with van der Waals surface area (Å²) in [4.78, 5) is 10.2. The van der Waals surface area contributed by atoms with E-state index in [1.807, 2.05) is 11.9 Å². The van der Waals surface area contributed by atoms with Crippen LogP contribution in [0.5, 0.6) is 0 Å². The van der Waals surface area contributed by atoms with Gasteiger partial charge >= 0.3 is 0 Å². The van der Waals surface area contributed by atoms with Gasteiger partial charge in [-0.2, -0.15) is 4.98 Å². The highest BCUT2D eigenvalue weighted by atomic mass is 79.9. The zero-order valence-electron chi connectivity index (χ0n) is 10.4. The fraction of sp³-hybridized carbons (Fsp3) is 0.636. The number of anilines is 2. The Kier molecular flexibility index (Phi) is 4.04. The van der Waals surface area contributed by atoms with Crippen LogP contribution in [0.4, 0.5) is 11.8 Å². The van der Waals surface area contributed by atoms with Crippen LogP contribution in [0, 0.1) is 0 Å². The van der Waals surface area contributed by atoms with E-state index in [1.165, 1.54) is 0 Å². The minimum Gasteiger partial charge on any atom is -0.388 e. The van der Waals surface area contributed by atoms with E-state index >= 15 is 0 Å². The van der Waals surface area contributed by atoms with Gasteiger partial charge in [0.15, 0.2) is 0 Å². The lowest BCUT2D eigenvalue weighted by Gasteiger charge is -2.29. The van der Waals surface area contributed by atoms with Crippen molar-refractivity contribution < 1.29 is 5.11 Å². The second kappa shape index (κ2) is 5.38. The molecule has 1 aliphatic rings. The second-order valence-electron chi connectivity index (χ2n) is 4.80. The van der Waals surface area contributed by atoms with E-state index in [2.05, 4.69) is 31.3 Å². The Morgan fingerprint density at radius 1 is 1.56 bits per heavy atom. The molecule has 0 bridgehead atoms. The number of hydrogen-bond donors (Lipinski definition) is 3. The fourth-order valence-corrected chi connectivity index (χ4v) is 2.90. The molecule has 0 saturated heterocycles. The third-order valence-corrected chi connectivity index (χ3v) is 3.84. The number of hydrazine groups is 1. The molecule has 0 aromatic carbocycles. The number of nitrogen functional groups attached to an aromatic ring is 1. The van der Waals surface area contributed by atoms with Crippen LogP contribution in [0.25, 0.3) is 0 Å². The predicted molar refractivity (Wildman–Crippen MR) is 74.2 cm³/mol. The molecule has 2 rings (SSSR count). The van der Waals surface area contributed by atoms with E-state index in [9.17, 15) is 5.11 Å². The van der Waals surface area contributed by atoms with Crippen LogP contribution in [0.2, 0.25) is 0 Å². The zero-order valence-corrected chi connectivity index (χ0v) is 11.9. The van der Waals surface area contributed by atoms with E-state index in [4.69, 9.17) is 5.84 Å². The molecule has 0 radical (unpaired) electrons. The number of nitrogens with zero attached hydrogens (tertiary/aromatic N) is 3. The van der Waals surface area contributed by atoms with Crippen LogP contribution < -0.4 is 16.2 Å². The molecule has 0 spiro atoms. The monoisotopic (exact) mass is 315 g/mol. The Hall–Kier alpha value is -0.920. The van der Waals surface area contributed by atoms with Gasteiger partial charge in [0.25, 0.3) is 0 Å². The topological polar surface area (TPSA) is 87.3 Å². The first kappa shape index (κ1) is 13.5. The quantitative estimate of drug-likeness (QED) is 0.573. The van der Waals surface area contributed by atoms with Crippen molar-refractivity contribution in [2.45, 2.75) is 31.3 Å². The van der Waals surface area contributed by atoms with Gasteiger partial charge in [-0.05, 0) is 28.8 Å². The Balaban J connectivity index is 2.14. The van der Waals surface area contributed by atoms with E-state index in [0.717, 1.165) is 36.0 Å². The van der Waals surface area contributed by atoms with E-state index < -0.39 is 5.60 Å². The molecule has 18 heavy (non-hydrogen) atoms. The Morgan fingerprint density at radius 2 is 2.22 bits per heavy atom. The van der Waals surface area contributed by atoms with Gasteiger partial charge in [-0.25, -0.2) is 10.8 Å². The summed E-state index contributed by atoms with van der Waals surface area (Å²) in [7, 11) is 1.91. The van der Waals surface area contributed by atoms with Gasteiger partial charge in [-0.3, -0.25) is 5.43 Å². The minimum absolute atomic E-state index is 0.360. The SMILES string of the molecule is CN(CC1(O)CCCC1)c1nc(NN)ncc1Br. The summed E-state index contributed by atoms with van der Waals surface area (Å²) in [6.07, 6.45) is 5.52. The van der Waals surface area contributed by atoms with Gasteiger partial charge in [0.2, 0.25) is 5.95 Å². The van der Waals surface area contributed by atoms with Crippen molar-refractivity contribution >= 4 is 27.7 Å². The molecule has 0 atom stereocenters. The van der Waals surface area contributed by atoms with Gasteiger partial charge in [-0.15, -0.1) is 0 Å². The summed E-state index contributed by atoms with van der Waals surface area (Å²) >= 11 is 3.41. The number of nitrogens with two attached hydrogens (primary N) is 1. The number of likely N-dealkylation sites (N-methyl/N-ethyl adjacent to an activating group) is 1. The highest BCUT2D eigenvalue weighted by molar-refractivity contribution is 9.10. The van der Waals surface area contributed by atoms with Crippen LogP contribution in [-0.2, 0) is 0 Å². The van der Waals surface area contributed by atoms with E-state index in [-0.39, 0.29) is 0 Å². The smallest absolute Gasteiger partial charge is 0.239 e. The molecule has 1 aromatic rings. The summed E-state index contributed by atoms with van der Waals surface area (Å²) in [5.41, 5.74) is 1.82. The molecule has 0 amide bonds. The van der Waals surface area contributed by atoms with Crippen molar-refractivity contribution in [1.82, 2.24) is 9.97 Å². The van der Waals surface area contributed by atoms with Gasteiger partial charge in [0.05, 0.1) is 10.1 Å². The van der Waals surface area contributed by atoms with E-state index in [0.29, 0.717) is 12.5 Å². The van der Waals surface area contributed by atoms with Crippen molar-refractivity contribution in [3.8, 4) is 0 Å². The molecule has 4 N–H and O–H groups in total. The average Bonchev–Trinajstić information content (AvgIpc) is 2.76. The molecule has 7 heteroatoms. The normalized spacial score (nSPS) is 17.8. The summed E-state index contributed by atoms with van der Waals surface area (Å²) in [5.74, 6) is 6.38. The number of hydrogen-bond acceptors (Lipinski definition) is 6. The number of rotatable bonds is 4. The minimum atomic E-state index is -0.602.